The molecule has 2 nitrogen and oxygen atoms in total. The summed E-state index contributed by atoms with van der Waals surface area (Å²) in [5.41, 5.74) is 1.40. The van der Waals surface area contributed by atoms with Crippen molar-refractivity contribution in [1.29, 1.82) is 0 Å². The van der Waals surface area contributed by atoms with Gasteiger partial charge in [-0.05, 0) is 6.42 Å². The molecule has 0 bridgehead atoms. The summed E-state index contributed by atoms with van der Waals surface area (Å²) in [6.45, 7) is 2.12. The van der Waals surface area contributed by atoms with Gasteiger partial charge in [0.2, 0.25) is 0 Å². The average molecular weight is 125 g/mol. The van der Waals surface area contributed by atoms with Crippen molar-refractivity contribution < 1.29 is 4.74 Å². The molecule has 2 aliphatic rings. The topological polar surface area (TPSA) is 12.5 Å². The predicted molar refractivity (Wildman–Crippen MR) is 34.8 cm³/mol. The van der Waals surface area contributed by atoms with E-state index < -0.39 is 0 Å². The number of rotatable bonds is 0. The lowest BCUT2D eigenvalue weighted by Crippen LogP contribution is -2.10. The van der Waals surface area contributed by atoms with Gasteiger partial charge in [0.15, 0.2) is 0 Å². The van der Waals surface area contributed by atoms with Crippen LogP contribution in [0.5, 0.6) is 0 Å². The first-order valence-electron chi connectivity index (χ1n) is 3.41. The van der Waals surface area contributed by atoms with Gasteiger partial charge in [-0.2, -0.15) is 0 Å². The Hall–Kier alpha value is -0.660. The van der Waals surface area contributed by atoms with Crippen molar-refractivity contribution in [2.24, 2.45) is 5.92 Å². The van der Waals surface area contributed by atoms with Gasteiger partial charge < -0.3 is 9.64 Å². The second-order valence-corrected chi connectivity index (χ2v) is 2.78. The maximum Gasteiger partial charge on any atom is 0.102 e. The number of nitrogens with zero attached hydrogens (tertiary/aromatic N) is 1. The van der Waals surface area contributed by atoms with Crippen LogP contribution in [0.4, 0.5) is 0 Å². The van der Waals surface area contributed by atoms with E-state index in [9.17, 15) is 0 Å². The summed E-state index contributed by atoms with van der Waals surface area (Å²) in [6.07, 6.45) is 3.18. The molecule has 2 aliphatic heterocycles. The molecule has 0 saturated carbocycles. The van der Waals surface area contributed by atoms with E-state index >= 15 is 0 Å². The fraction of sp³-hybridized carbons (Fsp3) is 0.714. The molecular formula is C7H11NO. The zero-order chi connectivity index (χ0) is 6.27. The molecule has 9 heavy (non-hydrogen) atoms. The summed E-state index contributed by atoms with van der Waals surface area (Å²) in [4.78, 5) is 2.28. The lowest BCUT2D eigenvalue weighted by molar-refractivity contribution is 0.246. The second kappa shape index (κ2) is 1.66. The van der Waals surface area contributed by atoms with Crippen LogP contribution in [-0.2, 0) is 4.74 Å². The van der Waals surface area contributed by atoms with Crippen LogP contribution in [0.15, 0.2) is 12.0 Å². The Kier molecular flexibility index (Phi) is 0.949. The zero-order valence-electron chi connectivity index (χ0n) is 5.63. The lowest BCUT2D eigenvalue weighted by atomic mass is 10.1. The summed E-state index contributed by atoms with van der Waals surface area (Å²) < 4.78 is 5.18. The maximum absolute atomic E-state index is 5.18. The summed E-state index contributed by atoms with van der Waals surface area (Å²) in [5, 5.41) is 0. The molecule has 0 aromatic rings. The average Bonchev–Trinajstić information content (AvgIpc) is 2.35. The molecule has 0 N–H and O–H groups in total. The van der Waals surface area contributed by atoms with E-state index in [4.69, 9.17) is 4.74 Å². The highest BCUT2D eigenvalue weighted by molar-refractivity contribution is 5.10. The minimum Gasteiger partial charge on any atom is -0.499 e. The number of ether oxygens (including phenoxy) is 1. The van der Waals surface area contributed by atoms with E-state index in [0.29, 0.717) is 0 Å². The molecule has 1 fully saturated rings. The Morgan fingerprint density at radius 2 is 2.67 bits per heavy atom. The summed E-state index contributed by atoms with van der Waals surface area (Å²) >= 11 is 0. The number of fused-ring (bicyclic) bond motifs is 1. The summed E-state index contributed by atoms with van der Waals surface area (Å²) in [6, 6.07) is 0. The Bertz CT molecular complexity index is 153. The van der Waals surface area contributed by atoms with E-state index in [-0.39, 0.29) is 0 Å². The third kappa shape index (κ3) is 0.622. The van der Waals surface area contributed by atoms with Gasteiger partial charge in [0.1, 0.15) is 6.26 Å². The quantitative estimate of drug-likeness (QED) is 0.475. The van der Waals surface area contributed by atoms with Gasteiger partial charge in [-0.25, -0.2) is 0 Å². The summed E-state index contributed by atoms with van der Waals surface area (Å²) in [7, 11) is 2.13. The van der Waals surface area contributed by atoms with E-state index in [1.807, 2.05) is 6.26 Å². The molecule has 0 aliphatic carbocycles. The molecule has 0 aromatic carbocycles. The molecule has 2 heterocycles. The van der Waals surface area contributed by atoms with Crippen LogP contribution in [0, 0.1) is 5.92 Å². The molecule has 0 aromatic heterocycles. The van der Waals surface area contributed by atoms with Crippen molar-refractivity contribution in [3.05, 3.63) is 12.0 Å². The molecule has 0 radical (unpaired) electrons. The first kappa shape index (κ1) is 5.15. The molecule has 2 heteroatoms. The smallest absolute Gasteiger partial charge is 0.102 e. The van der Waals surface area contributed by atoms with Crippen LogP contribution in [0.2, 0.25) is 0 Å². The van der Waals surface area contributed by atoms with E-state index in [2.05, 4.69) is 11.9 Å². The number of hydrogen-bond acceptors (Lipinski definition) is 2. The Balaban J connectivity index is 2.22. The SMILES string of the molecule is CN1CCC2COC=C21. The van der Waals surface area contributed by atoms with Crippen molar-refractivity contribution in [2.75, 3.05) is 20.2 Å². The molecule has 0 spiro atoms. The standard InChI is InChI=1S/C7H11NO/c1-8-3-2-6-4-9-5-7(6)8/h5-6H,2-4H2,1H3. The zero-order valence-corrected chi connectivity index (χ0v) is 5.63. The van der Waals surface area contributed by atoms with Gasteiger partial charge >= 0.3 is 0 Å². The van der Waals surface area contributed by atoms with E-state index in [0.717, 1.165) is 12.5 Å². The van der Waals surface area contributed by atoms with Crippen LogP contribution in [-0.4, -0.2) is 25.1 Å². The van der Waals surface area contributed by atoms with Crippen LogP contribution in [0.3, 0.4) is 0 Å². The van der Waals surface area contributed by atoms with Gasteiger partial charge in [0.05, 0.1) is 12.3 Å². The van der Waals surface area contributed by atoms with Gasteiger partial charge in [-0.3, -0.25) is 0 Å². The molecule has 50 valence electrons. The highest BCUT2D eigenvalue weighted by atomic mass is 16.5. The Morgan fingerprint density at radius 1 is 1.78 bits per heavy atom. The number of hydrogen-bond donors (Lipinski definition) is 0. The third-order valence-electron chi connectivity index (χ3n) is 2.17. The van der Waals surface area contributed by atoms with Crippen LogP contribution in [0.25, 0.3) is 0 Å². The highest BCUT2D eigenvalue weighted by Gasteiger charge is 2.29. The minimum absolute atomic E-state index is 0.718. The normalized spacial score (nSPS) is 31.9. The lowest BCUT2D eigenvalue weighted by Gasteiger charge is -2.09. The maximum atomic E-state index is 5.18. The highest BCUT2D eigenvalue weighted by Crippen LogP contribution is 2.30. The molecule has 1 atom stereocenters. The first-order chi connectivity index (χ1) is 4.38. The fourth-order valence-corrected chi connectivity index (χ4v) is 1.54. The van der Waals surface area contributed by atoms with Gasteiger partial charge in [-0.1, -0.05) is 0 Å². The summed E-state index contributed by atoms with van der Waals surface area (Å²) in [5.74, 6) is 0.718. The predicted octanol–water partition coefficient (Wildman–Crippen LogP) is 0.810. The van der Waals surface area contributed by atoms with E-state index in [1.165, 1.54) is 18.7 Å². The van der Waals surface area contributed by atoms with Gasteiger partial charge in [0, 0.05) is 19.5 Å². The molecule has 0 amide bonds. The fourth-order valence-electron chi connectivity index (χ4n) is 1.54. The monoisotopic (exact) mass is 125 g/mol. The third-order valence-corrected chi connectivity index (χ3v) is 2.17. The molecule has 1 unspecified atom stereocenters. The molecule has 2 rings (SSSR count). The Labute approximate surface area is 55.1 Å². The van der Waals surface area contributed by atoms with Crippen LogP contribution in [0.1, 0.15) is 6.42 Å². The minimum atomic E-state index is 0.718. The van der Waals surface area contributed by atoms with Crippen LogP contribution >= 0.6 is 0 Å². The van der Waals surface area contributed by atoms with Crippen molar-refractivity contribution >= 4 is 0 Å². The Morgan fingerprint density at radius 3 is 3.44 bits per heavy atom. The molecule has 1 saturated heterocycles. The van der Waals surface area contributed by atoms with Crippen molar-refractivity contribution in [1.82, 2.24) is 4.90 Å². The largest absolute Gasteiger partial charge is 0.499 e. The van der Waals surface area contributed by atoms with Gasteiger partial charge in [-0.15, -0.1) is 0 Å². The van der Waals surface area contributed by atoms with Crippen molar-refractivity contribution in [3.8, 4) is 0 Å². The van der Waals surface area contributed by atoms with Crippen LogP contribution < -0.4 is 0 Å². The van der Waals surface area contributed by atoms with Crippen molar-refractivity contribution in [3.63, 3.8) is 0 Å². The van der Waals surface area contributed by atoms with E-state index in [1.54, 1.807) is 0 Å². The van der Waals surface area contributed by atoms with Crippen molar-refractivity contribution in [2.45, 2.75) is 6.42 Å². The first-order valence-corrected chi connectivity index (χ1v) is 3.41. The van der Waals surface area contributed by atoms with Gasteiger partial charge in [0.25, 0.3) is 0 Å². The number of likely N-dealkylation sites (tertiary alicyclic amines) is 1. The molecular weight excluding hydrogens is 114 g/mol. The second-order valence-electron chi connectivity index (χ2n) is 2.78.